The van der Waals surface area contributed by atoms with Gasteiger partial charge in [0.25, 0.3) is 0 Å². The minimum atomic E-state index is -0.0272. The van der Waals surface area contributed by atoms with Gasteiger partial charge in [-0.3, -0.25) is 4.79 Å². The van der Waals surface area contributed by atoms with Crippen LogP contribution in [0.4, 0.5) is 0 Å². The van der Waals surface area contributed by atoms with Crippen LogP contribution in [-0.2, 0) is 4.79 Å². The summed E-state index contributed by atoms with van der Waals surface area (Å²) in [6.45, 7) is 2.04. The van der Waals surface area contributed by atoms with E-state index in [-0.39, 0.29) is 11.5 Å². The van der Waals surface area contributed by atoms with Crippen LogP contribution in [0.2, 0.25) is 0 Å². The van der Waals surface area contributed by atoms with Crippen molar-refractivity contribution in [3.63, 3.8) is 0 Å². The van der Waals surface area contributed by atoms with E-state index in [1.54, 1.807) is 12.2 Å². The first-order valence-corrected chi connectivity index (χ1v) is 10.1. The molecular weight excluding hydrogens is 404 g/mol. The molecule has 0 bridgehead atoms. The lowest BCUT2D eigenvalue weighted by atomic mass is 10.1. The SMILES string of the molecule is CSc1cc(Br)cc(/C=C2\SC(c3ccc(C)cc3)=CC2=O)c1O. The molecule has 0 saturated heterocycles. The van der Waals surface area contributed by atoms with Gasteiger partial charge in [0.05, 0.1) is 9.80 Å². The molecule has 2 aromatic rings. The lowest BCUT2D eigenvalue weighted by Crippen LogP contribution is -1.89. The standard InChI is InChI=1S/C19H15BrO2S2/c1-11-3-5-12(6-4-11)16-10-15(21)17(24-16)8-13-7-14(20)9-18(23-2)19(13)22/h3-10,22H,1-2H3/b17-8-. The maximum Gasteiger partial charge on any atom is 0.193 e. The highest BCUT2D eigenvalue weighted by molar-refractivity contribution is 9.10. The summed E-state index contributed by atoms with van der Waals surface area (Å²) in [5.41, 5.74) is 2.86. The van der Waals surface area contributed by atoms with E-state index in [4.69, 9.17) is 0 Å². The Bertz CT molecular complexity index is 868. The zero-order valence-corrected chi connectivity index (χ0v) is 16.4. The minimum Gasteiger partial charge on any atom is -0.506 e. The molecule has 2 nitrogen and oxygen atoms in total. The maximum absolute atomic E-state index is 12.3. The van der Waals surface area contributed by atoms with Crippen LogP contribution in [0.15, 0.2) is 56.7 Å². The monoisotopic (exact) mass is 418 g/mol. The molecule has 0 saturated carbocycles. The Morgan fingerprint density at radius 1 is 1.21 bits per heavy atom. The minimum absolute atomic E-state index is 0.0272. The van der Waals surface area contributed by atoms with Gasteiger partial charge in [-0.2, -0.15) is 0 Å². The normalized spacial score (nSPS) is 15.9. The summed E-state index contributed by atoms with van der Waals surface area (Å²) in [5, 5.41) is 10.3. The molecule has 0 radical (unpaired) electrons. The molecule has 122 valence electrons. The van der Waals surface area contributed by atoms with Crippen molar-refractivity contribution in [2.24, 2.45) is 0 Å². The zero-order valence-electron chi connectivity index (χ0n) is 13.2. The maximum atomic E-state index is 12.3. The highest BCUT2D eigenvalue weighted by Crippen LogP contribution is 2.43. The van der Waals surface area contributed by atoms with Crippen LogP contribution in [0.25, 0.3) is 11.0 Å². The molecule has 0 aromatic heterocycles. The number of thioether (sulfide) groups is 2. The summed E-state index contributed by atoms with van der Waals surface area (Å²) < 4.78 is 0.874. The van der Waals surface area contributed by atoms with Gasteiger partial charge in [0.2, 0.25) is 0 Å². The largest absolute Gasteiger partial charge is 0.506 e. The van der Waals surface area contributed by atoms with Gasteiger partial charge >= 0.3 is 0 Å². The first-order valence-electron chi connectivity index (χ1n) is 7.27. The third-order valence-electron chi connectivity index (χ3n) is 3.64. The molecule has 1 heterocycles. The number of allylic oxidation sites excluding steroid dienone is 2. The zero-order chi connectivity index (χ0) is 17.3. The molecule has 24 heavy (non-hydrogen) atoms. The number of hydrogen-bond acceptors (Lipinski definition) is 4. The number of aromatic hydroxyl groups is 1. The number of phenolic OH excluding ortho intramolecular Hbond substituents is 1. The van der Waals surface area contributed by atoms with Crippen molar-refractivity contribution in [3.05, 3.63) is 68.5 Å². The molecule has 0 atom stereocenters. The van der Waals surface area contributed by atoms with Crippen LogP contribution >= 0.6 is 39.5 Å². The van der Waals surface area contributed by atoms with E-state index in [1.165, 1.54) is 29.1 Å². The predicted octanol–water partition coefficient (Wildman–Crippen LogP) is 5.88. The summed E-state index contributed by atoms with van der Waals surface area (Å²) in [6, 6.07) is 11.8. The average molecular weight is 419 g/mol. The summed E-state index contributed by atoms with van der Waals surface area (Å²) in [6.07, 6.45) is 5.32. The van der Waals surface area contributed by atoms with Gasteiger partial charge < -0.3 is 5.11 Å². The van der Waals surface area contributed by atoms with Crippen LogP contribution in [0.3, 0.4) is 0 Å². The Labute approximate surface area is 158 Å². The number of aryl methyl sites for hydroxylation is 1. The molecule has 0 spiro atoms. The van der Waals surface area contributed by atoms with Gasteiger partial charge in [0.15, 0.2) is 5.78 Å². The Kier molecular flexibility index (Phi) is 5.23. The van der Waals surface area contributed by atoms with Gasteiger partial charge in [-0.25, -0.2) is 0 Å². The number of benzene rings is 2. The van der Waals surface area contributed by atoms with E-state index >= 15 is 0 Å². The van der Waals surface area contributed by atoms with Crippen molar-refractivity contribution in [3.8, 4) is 5.75 Å². The highest BCUT2D eigenvalue weighted by atomic mass is 79.9. The van der Waals surface area contributed by atoms with E-state index in [0.717, 1.165) is 19.8 Å². The van der Waals surface area contributed by atoms with Crippen LogP contribution in [0.1, 0.15) is 16.7 Å². The van der Waals surface area contributed by atoms with Crippen molar-refractivity contribution < 1.29 is 9.90 Å². The third-order valence-corrected chi connectivity index (χ3v) is 5.96. The second-order valence-electron chi connectivity index (χ2n) is 5.40. The van der Waals surface area contributed by atoms with Crippen molar-refractivity contribution in [2.75, 3.05) is 6.26 Å². The number of carbonyl (C=O) groups is 1. The second-order valence-corrected chi connectivity index (χ2v) is 8.24. The van der Waals surface area contributed by atoms with Gasteiger partial charge in [0.1, 0.15) is 5.75 Å². The average Bonchev–Trinajstić information content (AvgIpc) is 2.92. The van der Waals surface area contributed by atoms with Gasteiger partial charge in [-0.15, -0.1) is 11.8 Å². The van der Waals surface area contributed by atoms with E-state index in [9.17, 15) is 9.90 Å². The number of rotatable bonds is 3. The van der Waals surface area contributed by atoms with E-state index in [0.29, 0.717) is 10.5 Å². The topological polar surface area (TPSA) is 37.3 Å². The number of hydrogen-bond donors (Lipinski definition) is 1. The molecule has 5 heteroatoms. The molecule has 0 aliphatic carbocycles. The molecular formula is C19H15BrO2S2. The molecule has 2 aromatic carbocycles. The first kappa shape index (κ1) is 17.4. The van der Waals surface area contributed by atoms with E-state index < -0.39 is 0 Å². The lowest BCUT2D eigenvalue weighted by molar-refractivity contribution is -0.110. The van der Waals surface area contributed by atoms with Crippen molar-refractivity contribution in [1.82, 2.24) is 0 Å². The van der Waals surface area contributed by atoms with Gasteiger partial charge in [-0.05, 0) is 37.0 Å². The number of halogens is 1. The Morgan fingerprint density at radius 2 is 1.92 bits per heavy atom. The Morgan fingerprint density at radius 3 is 2.58 bits per heavy atom. The van der Waals surface area contributed by atoms with Crippen molar-refractivity contribution in [1.29, 1.82) is 0 Å². The molecule has 1 aliphatic rings. The predicted molar refractivity (Wildman–Crippen MR) is 107 cm³/mol. The molecule has 3 rings (SSSR count). The molecule has 0 amide bonds. The molecule has 0 unspecified atom stereocenters. The third kappa shape index (κ3) is 3.63. The quantitative estimate of drug-likeness (QED) is 0.498. The fourth-order valence-electron chi connectivity index (χ4n) is 2.35. The van der Waals surface area contributed by atoms with Crippen LogP contribution < -0.4 is 0 Å². The molecule has 0 fully saturated rings. The van der Waals surface area contributed by atoms with Crippen LogP contribution in [0.5, 0.6) is 5.75 Å². The fraction of sp³-hybridized carbons (Fsp3) is 0.105. The number of carbonyl (C=O) groups excluding carboxylic acids is 1. The van der Waals surface area contributed by atoms with E-state index in [1.807, 2.05) is 49.6 Å². The molecule has 1 aliphatic heterocycles. The summed E-state index contributed by atoms with van der Waals surface area (Å²) in [4.78, 5) is 14.6. The summed E-state index contributed by atoms with van der Waals surface area (Å²) >= 11 is 6.36. The summed E-state index contributed by atoms with van der Waals surface area (Å²) in [7, 11) is 0. The van der Waals surface area contributed by atoms with Crippen molar-refractivity contribution >= 4 is 56.2 Å². The Balaban J connectivity index is 1.93. The summed E-state index contributed by atoms with van der Waals surface area (Å²) in [5.74, 6) is 0.177. The van der Waals surface area contributed by atoms with Gasteiger partial charge in [-0.1, -0.05) is 57.5 Å². The van der Waals surface area contributed by atoms with Crippen molar-refractivity contribution in [2.45, 2.75) is 11.8 Å². The van der Waals surface area contributed by atoms with E-state index in [2.05, 4.69) is 15.9 Å². The molecule has 1 N–H and O–H groups in total. The highest BCUT2D eigenvalue weighted by Gasteiger charge is 2.21. The lowest BCUT2D eigenvalue weighted by Gasteiger charge is -2.07. The van der Waals surface area contributed by atoms with Crippen LogP contribution in [0, 0.1) is 6.92 Å². The fourth-order valence-corrected chi connectivity index (χ4v) is 4.54. The van der Waals surface area contributed by atoms with Gasteiger partial charge in [0, 0.05) is 21.0 Å². The first-order chi connectivity index (χ1) is 11.5. The number of ketones is 1. The number of phenols is 1. The Hall–Kier alpha value is -1.43. The van der Waals surface area contributed by atoms with Crippen LogP contribution in [-0.4, -0.2) is 17.1 Å². The smallest absolute Gasteiger partial charge is 0.193 e. The second kappa shape index (κ2) is 7.21.